The quantitative estimate of drug-likeness (QED) is 0.864. The molecule has 0 atom stereocenters. The highest BCUT2D eigenvalue weighted by molar-refractivity contribution is 6.33. The molecule has 0 aliphatic heterocycles. The predicted molar refractivity (Wildman–Crippen MR) is 75.9 cm³/mol. The number of benzene rings is 1. The number of halogens is 3. The maximum absolute atomic E-state index is 5.95. The molecule has 2 aromatic rings. The molecule has 90 valence electrons. The molecule has 17 heavy (non-hydrogen) atoms. The summed E-state index contributed by atoms with van der Waals surface area (Å²) >= 11 is 17.2. The Morgan fingerprint density at radius 3 is 2.06 bits per heavy atom. The number of aromatic nitrogens is 3. The second kappa shape index (κ2) is 6.16. The van der Waals surface area contributed by atoms with Crippen molar-refractivity contribution in [2.75, 3.05) is 5.32 Å². The number of para-hydroxylation sites is 1. The first-order valence-electron chi connectivity index (χ1n) is 4.24. The van der Waals surface area contributed by atoms with Gasteiger partial charge in [-0.3, -0.25) is 0 Å². The van der Waals surface area contributed by atoms with Crippen molar-refractivity contribution >= 4 is 57.4 Å². The smallest absolute Gasteiger partial charge is 0.232 e. The summed E-state index contributed by atoms with van der Waals surface area (Å²) in [5, 5.41) is 3.49. The molecule has 8 heteroatoms. The lowest BCUT2D eigenvalue weighted by Gasteiger charge is -2.06. The fourth-order valence-electron chi connectivity index (χ4n) is 1.06. The molecule has 0 saturated heterocycles. The van der Waals surface area contributed by atoms with Crippen LogP contribution in [-0.4, -0.2) is 25.9 Å². The minimum Gasteiger partial charge on any atom is -0.323 e. The van der Waals surface area contributed by atoms with Gasteiger partial charge < -0.3 is 5.32 Å². The molecule has 0 amide bonds. The van der Waals surface area contributed by atoms with Gasteiger partial charge in [0.15, 0.2) is 0 Å². The van der Waals surface area contributed by atoms with Crippen molar-refractivity contribution in [2.24, 2.45) is 0 Å². The second-order valence-electron chi connectivity index (χ2n) is 2.80. The van der Waals surface area contributed by atoms with Crippen LogP contribution in [0.1, 0.15) is 0 Å². The number of hydrogen-bond donors (Lipinski definition) is 1. The van der Waals surface area contributed by atoms with E-state index in [0.717, 1.165) is 0 Å². The lowest BCUT2D eigenvalue weighted by atomic mass is 10.3. The average Bonchev–Trinajstić information content (AvgIpc) is 2.20. The summed E-state index contributed by atoms with van der Waals surface area (Å²) in [4.78, 5) is 11.4. The van der Waals surface area contributed by atoms with Crippen molar-refractivity contribution in [3.63, 3.8) is 0 Å². The van der Waals surface area contributed by atoms with E-state index in [-0.39, 0.29) is 27.5 Å². The maximum Gasteiger partial charge on any atom is 0.232 e. The Morgan fingerprint density at radius 2 is 1.47 bits per heavy atom. The molecule has 0 fully saturated rings. The van der Waals surface area contributed by atoms with Crippen molar-refractivity contribution in [1.82, 2.24) is 15.0 Å². The van der Waals surface area contributed by atoms with Gasteiger partial charge in [-0.15, -0.1) is 0 Å². The summed E-state index contributed by atoms with van der Waals surface area (Å²) in [5.41, 5.74) is 0.669. The fourth-order valence-corrected chi connectivity index (χ4v) is 1.61. The Morgan fingerprint density at radius 1 is 0.882 bits per heavy atom. The Bertz CT molecular complexity index is 503. The molecule has 0 unspecified atom stereocenters. The van der Waals surface area contributed by atoms with Crippen LogP contribution in [0.3, 0.4) is 0 Å². The molecule has 0 aliphatic carbocycles. The predicted octanol–water partition coefficient (Wildman–Crippen LogP) is 2.12. The summed E-state index contributed by atoms with van der Waals surface area (Å²) < 4.78 is 0. The minimum absolute atomic E-state index is 0. The summed E-state index contributed by atoms with van der Waals surface area (Å²) in [7, 11) is 0. The van der Waals surface area contributed by atoms with E-state index in [2.05, 4.69) is 20.3 Å². The third kappa shape index (κ3) is 3.81. The monoisotopic (exact) mass is 306 g/mol. The van der Waals surface area contributed by atoms with Crippen LogP contribution in [0, 0.1) is 0 Å². The molecule has 1 heterocycles. The van der Waals surface area contributed by atoms with Crippen molar-refractivity contribution in [1.29, 1.82) is 0 Å². The number of anilines is 2. The second-order valence-corrected chi connectivity index (χ2v) is 3.89. The topological polar surface area (TPSA) is 50.7 Å². The Balaban J connectivity index is 0.00000144. The summed E-state index contributed by atoms with van der Waals surface area (Å²) in [6.45, 7) is 0. The molecule has 1 aromatic carbocycles. The van der Waals surface area contributed by atoms with Gasteiger partial charge in [0, 0.05) is 0 Å². The first-order valence-corrected chi connectivity index (χ1v) is 5.37. The van der Waals surface area contributed by atoms with E-state index >= 15 is 0 Å². The van der Waals surface area contributed by atoms with E-state index < -0.39 is 0 Å². The maximum atomic E-state index is 5.95. The first kappa shape index (κ1) is 14.2. The fraction of sp³-hybridized carbons (Fsp3) is 0. The van der Waals surface area contributed by atoms with Gasteiger partial charge in [-0.05, 0) is 46.3 Å². The largest absolute Gasteiger partial charge is 0.323 e. The van der Waals surface area contributed by atoms with Gasteiger partial charge in [-0.2, -0.15) is 15.0 Å². The van der Waals surface area contributed by atoms with Gasteiger partial charge in [0.05, 0.1) is 10.7 Å². The minimum atomic E-state index is 0. The average molecular weight is 308 g/mol. The normalized spacial score (nSPS) is 9.59. The van der Waals surface area contributed by atoms with Crippen LogP contribution in [0.15, 0.2) is 24.3 Å². The summed E-state index contributed by atoms with van der Waals surface area (Å²) in [6, 6.07) is 7.18. The Labute approximate surface area is 117 Å². The van der Waals surface area contributed by atoms with Crippen molar-refractivity contribution in [2.45, 2.75) is 0 Å². The highest BCUT2D eigenvalue weighted by atomic mass is 35.5. The molecule has 4 nitrogen and oxygen atoms in total. The molecular weight excluding hydrogens is 299 g/mol. The first-order chi connectivity index (χ1) is 7.65. The molecule has 2 rings (SSSR count). The number of rotatable bonds is 2. The SMILES string of the molecule is Clc1nc(Cl)nc(Nc2ccccc2Cl)n1.[SiH4]. The zero-order valence-electron chi connectivity index (χ0n) is 7.78. The van der Waals surface area contributed by atoms with E-state index in [1.165, 1.54) is 0 Å². The van der Waals surface area contributed by atoms with Gasteiger partial charge >= 0.3 is 0 Å². The van der Waals surface area contributed by atoms with Crippen LogP contribution in [-0.2, 0) is 0 Å². The van der Waals surface area contributed by atoms with Crippen LogP contribution in [0.2, 0.25) is 15.6 Å². The van der Waals surface area contributed by atoms with E-state index in [4.69, 9.17) is 34.8 Å². The molecule has 0 aliphatic rings. The van der Waals surface area contributed by atoms with E-state index in [9.17, 15) is 0 Å². The third-order valence-corrected chi connectivity index (χ3v) is 2.37. The zero-order chi connectivity index (χ0) is 11.5. The van der Waals surface area contributed by atoms with Gasteiger partial charge in [-0.1, -0.05) is 23.7 Å². The number of nitrogens with zero attached hydrogens (tertiary/aromatic N) is 3. The van der Waals surface area contributed by atoms with E-state index in [1.807, 2.05) is 12.1 Å². The molecule has 1 N–H and O–H groups in total. The number of hydrogen-bond acceptors (Lipinski definition) is 4. The van der Waals surface area contributed by atoms with Crippen LogP contribution < -0.4 is 5.32 Å². The van der Waals surface area contributed by atoms with Crippen LogP contribution in [0.4, 0.5) is 11.6 Å². The van der Waals surface area contributed by atoms with Gasteiger partial charge in [-0.25, -0.2) is 0 Å². The molecule has 0 bridgehead atoms. The molecule has 0 spiro atoms. The van der Waals surface area contributed by atoms with Crippen molar-refractivity contribution in [3.8, 4) is 0 Å². The lowest BCUT2D eigenvalue weighted by Crippen LogP contribution is -1.99. The Kier molecular flexibility index (Phi) is 5.14. The highest BCUT2D eigenvalue weighted by Crippen LogP contribution is 2.23. The third-order valence-electron chi connectivity index (χ3n) is 1.70. The standard InChI is InChI=1S/C9H5Cl3N4.H4Si/c10-5-3-1-2-4-6(5)13-9-15-7(11)14-8(12)16-9;/h1-4H,(H,13,14,15,16);1H4. The molecule has 0 saturated carbocycles. The van der Waals surface area contributed by atoms with Gasteiger partial charge in [0.1, 0.15) is 0 Å². The molecular formula is C9H9Cl3N4Si. The van der Waals surface area contributed by atoms with Gasteiger partial charge in [0.2, 0.25) is 16.5 Å². The molecule has 1 aromatic heterocycles. The van der Waals surface area contributed by atoms with Crippen molar-refractivity contribution in [3.05, 3.63) is 39.9 Å². The highest BCUT2D eigenvalue weighted by Gasteiger charge is 2.05. The summed E-state index contributed by atoms with van der Waals surface area (Å²) in [6.07, 6.45) is 0. The summed E-state index contributed by atoms with van der Waals surface area (Å²) in [5.74, 6) is 0.248. The van der Waals surface area contributed by atoms with Gasteiger partial charge in [0.25, 0.3) is 0 Å². The lowest BCUT2D eigenvalue weighted by molar-refractivity contribution is 1.05. The van der Waals surface area contributed by atoms with Crippen LogP contribution in [0.5, 0.6) is 0 Å². The van der Waals surface area contributed by atoms with Crippen molar-refractivity contribution < 1.29 is 0 Å². The van der Waals surface area contributed by atoms with Crippen LogP contribution >= 0.6 is 34.8 Å². The number of nitrogens with one attached hydrogen (secondary N) is 1. The van der Waals surface area contributed by atoms with E-state index in [0.29, 0.717) is 10.7 Å². The van der Waals surface area contributed by atoms with E-state index in [1.54, 1.807) is 12.1 Å². The zero-order valence-corrected chi connectivity index (χ0v) is 10.1. The molecule has 0 radical (unpaired) electrons. The van der Waals surface area contributed by atoms with Crippen LogP contribution in [0.25, 0.3) is 0 Å². The Hall–Kier alpha value is -0.883.